The molecule has 3 rings (SSSR count). The van der Waals surface area contributed by atoms with E-state index in [4.69, 9.17) is 0 Å². The summed E-state index contributed by atoms with van der Waals surface area (Å²) in [6.45, 7) is 3.87. The van der Waals surface area contributed by atoms with Crippen molar-refractivity contribution in [2.24, 2.45) is 11.8 Å². The largest absolute Gasteiger partial charge is 0.346 e. The van der Waals surface area contributed by atoms with Crippen LogP contribution in [0.3, 0.4) is 0 Å². The van der Waals surface area contributed by atoms with Crippen LogP contribution in [0, 0.1) is 18.8 Å². The molecule has 2 unspecified atom stereocenters. The van der Waals surface area contributed by atoms with E-state index in [9.17, 15) is 4.79 Å². The molecule has 4 nitrogen and oxygen atoms in total. The van der Waals surface area contributed by atoms with Crippen molar-refractivity contribution < 1.29 is 4.79 Å². The number of nitrogens with zero attached hydrogens (tertiary/aromatic N) is 1. The molecule has 0 spiro atoms. The number of hydrogen-bond acceptors (Lipinski definition) is 4. The van der Waals surface area contributed by atoms with Gasteiger partial charge in [-0.1, -0.05) is 0 Å². The van der Waals surface area contributed by atoms with Crippen molar-refractivity contribution in [1.82, 2.24) is 15.6 Å². The van der Waals surface area contributed by atoms with Gasteiger partial charge in [0.2, 0.25) is 5.91 Å². The minimum atomic E-state index is 0.135. The van der Waals surface area contributed by atoms with Crippen LogP contribution in [0.2, 0.25) is 0 Å². The topological polar surface area (TPSA) is 54.0 Å². The molecular formula is C14H21N3OS. The zero-order valence-corrected chi connectivity index (χ0v) is 12.1. The molecule has 104 valence electrons. The Balaban J connectivity index is 1.66. The van der Waals surface area contributed by atoms with Gasteiger partial charge < -0.3 is 10.6 Å². The van der Waals surface area contributed by atoms with Gasteiger partial charge in [0.1, 0.15) is 5.01 Å². The highest BCUT2D eigenvalue weighted by Crippen LogP contribution is 2.42. The normalized spacial score (nSPS) is 25.0. The molecule has 1 aromatic rings. The molecule has 1 saturated carbocycles. The number of carbonyl (C=O) groups is 1. The molecule has 0 aromatic carbocycles. The van der Waals surface area contributed by atoms with Crippen LogP contribution in [0.15, 0.2) is 5.38 Å². The fourth-order valence-electron chi connectivity index (χ4n) is 2.67. The van der Waals surface area contributed by atoms with Gasteiger partial charge in [0, 0.05) is 17.6 Å². The molecule has 1 aromatic heterocycles. The Morgan fingerprint density at radius 1 is 1.53 bits per heavy atom. The molecule has 1 saturated heterocycles. The van der Waals surface area contributed by atoms with Crippen LogP contribution in [0.5, 0.6) is 0 Å². The maximum absolute atomic E-state index is 12.3. The lowest BCUT2D eigenvalue weighted by molar-refractivity contribution is -0.126. The van der Waals surface area contributed by atoms with Gasteiger partial charge in [-0.05, 0) is 45.1 Å². The van der Waals surface area contributed by atoms with E-state index in [1.807, 2.05) is 6.92 Å². The van der Waals surface area contributed by atoms with Crippen molar-refractivity contribution in [3.63, 3.8) is 0 Å². The lowest BCUT2D eigenvalue weighted by Gasteiger charge is -2.24. The van der Waals surface area contributed by atoms with Crippen molar-refractivity contribution >= 4 is 17.2 Å². The maximum atomic E-state index is 12.3. The quantitative estimate of drug-likeness (QED) is 0.886. The third-order valence-electron chi connectivity index (χ3n) is 3.96. The highest BCUT2D eigenvalue weighted by Gasteiger charge is 2.36. The van der Waals surface area contributed by atoms with E-state index in [1.165, 1.54) is 12.8 Å². The van der Waals surface area contributed by atoms with Crippen LogP contribution in [-0.4, -0.2) is 24.0 Å². The van der Waals surface area contributed by atoms with E-state index in [2.05, 4.69) is 21.0 Å². The van der Waals surface area contributed by atoms with E-state index in [1.54, 1.807) is 11.3 Å². The summed E-state index contributed by atoms with van der Waals surface area (Å²) >= 11 is 1.67. The Kier molecular flexibility index (Phi) is 3.84. The average molecular weight is 279 g/mol. The number of rotatable bonds is 4. The summed E-state index contributed by atoms with van der Waals surface area (Å²) < 4.78 is 0. The predicted octanol–water partition coefficient (Wildman–Crippen LogP) is 2.02. The molecule has 2 N–H and O–H groups in total. The molecule has 2 fully saturated rings. The van der Waals surface area contributed by atoms with Crippen molar-refractivity contribution in [2.75, 3.05) is 13.1 Å². The second-order valence-corrected chi connectivity index (χ2v) is 6.58. The second kappa shape index (κ2) is 5.59. The van der Waals surface area contributed by atoms with Gasteiger partial charge in [-0.3, -0.25) is 4.79 Å². The van der Waals surface area contributed by atoms with Crippen LogP contribution in [-0.2, 0) is 4.79 Å². The number of carbonyl (C=O) groups excluding carboxylic acids is 1. The Bertz CT molecular complexity index is 449. The predicted molar refractivity (Wildman–Crippen MR) is 76.1 cm³/mol. The molecular weight excluding hydrogens is 258 g/mol. The standard InChI is InChI=1S/C14H21N3OS/c1-9-8-19-14(16-9)12(10-4-5-10)17-13(18)11-3-2-6-15-7-11/h8,10-12,15H,2-7H2,1H3,(H,17,18). The van der Waals surface area contributed by atoms with Crippen molar-refractivity contribution in [1.29, 1.82) is 0 Å². The lowest BCUT2D eigenvalue weighted by Crippen LogP contribution is -2.42. The minimum Gasteiger partial charge on any atom is -0.346 e. The van der Waals surface area contributed by atoms with Crippen LogP contribution in [0.1, 0.15) is 42.4 Å². The van der Waals surface area contributed by atoms with Gasteiger partial charge >= 0.3 is 0 Å². The number of aromatic nitrogens is 1. The molecule has 2 aliphatic rings. The number of amides is 1. The SMILES string of the molecule is Cc1csc(C(NC(=O)C2CCCNC2)C2CC2)n1. The first-order valence-corrected chi connectivity index (χ1v) is 8.05. The van der Waals surface area contributed by atoms with Crippen molar-refractivity contribution in [3.05, 3.63) is 16.1 Å². The first kappa shape index (κ1) is 13.1. The third-order valence-corrected chi connectivity index (χ3v) is 5.01. The highest BCUT2D eigenvalue weighted by molar-refractivity contribution is 7.09. The van der Waals surface area contributed by atoms with E-state index in [0.29, 0.717) is 5.92 Å². The first-order chi connectivity index (χ1) is 9.24. The van der Waals surface area contributed by atoms with Crippen molar-refractivity contribution in [3.8, 4) is 0 Å². The summed E-state index contributed by atoms with van der Waals surface area (Å²) in [6.07, 6.45) is 4.54. The van der Waals surface area contributed by atoms with Gasteiger partial charge in [0.25, 0.3) is 0 Å². The Morgan fingerprint density at radius 3 is 2.95 bits per heavy atom. The van der Waals surface area contributed by atoms with Gasteiger partial charge in [0.15, 0.2) is 0 Å². The maximum Gasteiger partial charge on any atom is 0.224 e. The van der Waals surface area contributed by atoms with E-state index in [0.717, 1.165) is 36.6 Å². The molecule has 0 radical (unpaired) electrons. The monoisotopic (exact) mass is 279 g/mol. The average Bonchev–Trinajstić information content (AvgIpc) is 3.19. The van der Waals surface area contributed by atoms with E-state index < -0.39 is 0 Å². The minimum absolute atomic E-state index is 0.135. The molecule has 1 aliphatic carbocycles. The van der Waals surface area contributed by atoms with Crippen LogP contribution < -0.4 is 10.6 Å². The van der Waals surface area contributed by atoms with Gasteiger partial charge in [-0.2, -0.15) is 0 Å². The lowest BCUT2D eigenvalue weighted by atomic mass is 9.98. The zero-order chi connectivity index (χ0) is 13.2. The van der Waals surface area contributed by atoms with Crippen LogP contribution in [0.25, 0.3) is 0 Å². The fourth-order valence-corrected chi connectivity index (χ4v) is 3.61. The molecule has 5 heteroatoms. The molecule has 1 amide bonds. The van der Waals surface area contributed by atoms with Gasteiger partial charge in [0.05, 0.1) is 12.0 Å². The summed E-state index contributed by atoms with van der Waals surface area (Å²) in [4.78, 5) is 16.9. The molecule has 0 bridgehead atoms. The van der Waals surface area contributed by atoms with Crippen molar-refractivity contribution in [2.45, 2.75) is 38.6 Å². The number of aryl methyl sites for hydroxylation is 1. The molecule has 19 heavy (non-hydrogen) atoms. The van der Waals surface area contributed by atoms with Crippen LogP contribution in [0.4, 0.5) is 0 Å². The first-order valence-electron chi connectivity index (χ1n) is 7.17. The summed E-state index contributed by atoms with van der Waals surface area (Å²) in [6, 6.07) is 0.146. The highest BCUT2D eigenvalue weighted by atomic mass is 32.1. The Hall–Kier alpha value is -0.940. The molecule has 1 aliphatic heterocycles. The number of piperidine rings is 1. The molecule has 2 heterocycles. The smallest absolute Gasteiger partial charge is 0.224 e. The number of thiazole rings is 1. The second-order valence-electron chi connectivity index (χ2n) is 5.69. The Labute approximate surface area is 118 Å². The summed E-state index contributed by atoms with van der Waals surface area (Å²) in [5, 5.41) is 9.70. The zero-order valence-electron chi connectivity index (χ0n) is 11.3. The summed E-state index contributed by atoms with van der Waals surface area (Å²) in [5.74, 6) is 0.944. The van der Waals surface area contributed by atoms with E-state index in [-0.39, 0.29) is 17.9 Å². The van der Waals surface area contributed by atoms with Crippen LogP contribution >= 0.6 is 11.3 Å². The third kappa shape index (κ3) is 3.15. The summed E-state index contributed by atoms with van der Waals surface area (Å²) in [7, 11) is 0. The summed E-state index contributed by atoms with van der Waals surface area (Å²) in [5.41, 5.74) is 1.05. The van der Waals surface area contributed by atoms with E-state index >= 15 is 0 Å². The number of nitrogens with one attached hydrogen (secondary N) is 2. The van der Waals surface area contributed by atoms with Gasteiger partial charge in [-0.25, -0.2) is 4.98 Å². The molecule has 2 atom stereocenters. The van der Waals surface area contributed by atoms with Gasteiger partial charge in [-0.15, -0.1) is 11.3 Å². The number of hydrogen-bond donors (Lipinski definition) is 2. The fraction of sp³-hybridized carbons (Fsp3) is 0.714. The Morgan fingerprint density at radius 2 is 2.37 bits per heavy atom.